The van der Waals surface area contributed by atoms with Crippen LogP contribution in [0.1, 0.15) is 63.5 Å². The fourth-order valence-corrected chi connectivity index (χ4v) is 4.16. The van der Waals surface area contributed by atoms with Gasteiger partial charge in [0.1, 0.15) is 23.7 Å². The summed E-state index contributed by atoms with van der Waals surface area (Å²) in [6, 6.07) is 5.88. The van der Waals surface area contributed by atoms with Crippen molar-refractivity contribution in [3.05, 3.63) is 41.5 Å². The molecule has 0 saturated heterocycles. The molecule has 4 rings (SSSR count). The number of ether oxygens (including phenoxy) is 2. The molecule has 1 saturated carbocycles. The summed E-state index contributed by atoms with van der Waals surface area (Å²) in [5.41, 5.74) is 3.49. The maximum atomic E-state index is 11.4. The number of carboxylic acids is 1. The second kappa shape index (κ2) is 9.97. The molecule has 3 aromatic rings. The molecule has 3 aromatic heterocycles. The first kappa shape index (κ1) is 24.6. The number of pyridine rings is 1. The van der Waals surface area contributed by atoms with Gasteiger partial charge in [0.05, 0.1) is 29.1 Å². The molecule has 1 fully saturated rings. The second-order valence-electron chi connectivity index (χ2n) is 9.99. The lowest BCUT2D eigenvalue weighted by Crippen LogP contribution is -2.29. The predicted molar refractivity (Wildman–Crippen MR) is 128 cm³/mol. The molecule has 186 valence electrons. The Kier molecular flexibility index (Phi) is 7.00. The molecule has 0 spiro atoms. The van der Waals surface area contributed by atoms with Crippen molar-refractivity contribution in [2.75, 3.05) is 0 Å². The fraction of sp³-hybridized carbons (Fsp3) is 0.520. The highest BCUT2D eigenvalue weighted by Gasteiger charge is 2.28. The zero-order valence-electron chi connectivity index (χ0n) is 20.9. The highest BCUT2D eigenvalue weighted by molar-refractivity contribution is 5.70. The summed E-state index contributed by atoms with van der Waals surface area (Å²) in [5.74, 6) is -0.452. The van der Waals surface area contributed by atoms with E-state index < -0.39 is 5.97 Å². The zero-order valence-corrected chi connectivity index (χ0v) is 20.9. The summed E-state index contributed by atoms with van der Waals surface area (Å²) >= 11 is 0. The fourth-order valence-electron chi connectivity index (χ4n) is 4.16. The standard InChI is InChI=1S/C25H32N6O4/c1-15-20(35-17-8-6-7-16(13-17)23(32)33)10-9-18(27-15)22-19(31(5)30-29-22)14-34-24-26-12-11-21(28-24)25(2,3)4/h9-12,16-17H,6-8,13-14H2,1-5H3,(H,32,33)/t16-,17-/m0/s1. The number of aliphatic carboxylic acids is 1. The summed E-state index contributed by atoms with van der Waals surface area (Å²) in [6.07, 6.45) is 4.47. The molecule has 3 heterocycles. The number of carboxylic acid groups (broad SMARTS) is 1. The van der Waals surface area contributed by atoms with Gasteiger partial charge in [-0.1, -0.05) is 26.0 Å². The highest BCUT2D eigenvalue weighted by Crippen LogP contribution is 2.30. The molecule has 2 atom stereocenters. The van der Waals surface area contributed by atoms with E-state index in [0.29, 0.717) is 41.7 Å². The molecule has 1 N–H and O–H groups in total. The van der Waals surface area contributed by atoms with E-state index in [-0.39, 0.29) is 24.0 Å². The Hall–Kier alpha value is -3.56. The minimum Gasteiger partial charge on any atom is -0.489 e. The van der Waals surface area contributed by atoms with Crippen LogP contribution in [0.5, 0.6) is 11.8 Å². The van der Waals surface area contributed by atoms with Crippen LogP contribution in [0.2, 0.25) is 0 Å². The first-order chi connectivity index (χ1) is 16.6. The van der Waals surface area contributed by atoms with Crippen molar-refractivity contribution >= 4 is 5.97 Å². The van der Waals surface area contributed by atoms with Crippen molar-refractivity contribution < 1.29 is 19.4 Å². The van der Waals surface area contributed by atoms with Crippen LogP contribution in [-0.4, -0.2) is 47.1 Å². The molecule has 35 heavy (non-hydrogen) atoms. The highest BCUT2D eigenvalue weighted by atomic mass is 16.5. The lowest BCUT2D eigenvalue weighted by molar-refractivity contribution is -0.143. The van der Waals surface area contributed by atoms with Gasteiger partial charge in [0.15, 0.2) is 0 Å². The minimum atomic E-state index is -0.753. The Labute approximate surface area is 204 Å². The van der Waals surface area contributed by atoms with E-state index in [1.54, 1.807) is 17.9 Å². The van der Waals surface area contributed by atoms with Crippen LogP contribution in [0.3, 0.4) is 0 Å². The number of aryl methyl sites for hydroxylation is 2. The molecule has 1 aliphatic rings. The molecule has 0 bridgehead atoms. The van der Waals surface area contributed by atoms with Gasteiger partial charge >= 0.3 is 12.0 Å². The molecule has 0 aromatic carbocycles. The molecule has 10 heteroatoms. The first-order valence-electron chi connectivity index (χ1n) is 11.8. The maximum Gasteiger partial charge on any atom is 0.316 e. The van der Waals surface area contributed by atoms with Crippen molar-refractivity contribution in [2.45, 2.75) is 71.5 Å². The third-order valence-corrected chi connectivity index (χ3v) is 6.23. The largest absolute Gasteiger partial charge is 0.489 e. The van der Waals surface area contributed by atoms with Crippen molar-refractivity contribution in [1.82, 2.24) is 29.9 Å². The van der Waals surface area contributed by atoms with Gasteiger partial charge in [0.2, 0.25) is 0 Å². The molecular weight excluding hydrogens is 448 g/mol. The van der Waals surface area contributed by atoms with Gasteiger partial charge in [-0.05, 0) is 50.8 Å². The van der Waals surface area contributed by atoms with E-state index in [1.807, 2.05) is 25.1 Å². The Morgan fingerprint density at radius 3 is 2.71 bits per heavy atom. The van der Waals surface area contributed by atoms with Gasteiger partial charge in [-0.15, -0.1) is 5.10 Å². The molecular formula is C25H32N6O4. The van der Waals surface area contributed by atoms with Gasteiger partial charge in [0.25, 0.3) is 0 Å². The van der Waals surface area contributed by atoms with E-state index in [1.165, 1.54) is 0 Å². The predicted octanol–water partition coefficient (Wildman–Crippen LogP) is 3.87. The summed E-state index contributed by atoms with van der Waals surface area (Å²) < 4.78 is 13.7. The molecule has 0 amide bonds. The van der Waals surface area contributed by atoms with Crippen molar-refractivity contribution in [3.8, 4) is 23.1 Å². The van der Waals surface area contributed by atoms with E-state index >= 15 is 0 Å². The number of carbonyl (C=O) groups is 1. The smallest absolute Gasteiger partial charge is 0.316 e. The van der Waals surface area contributed by atoms with Crippen LogP contribution in [0, 0.1) is 12.8 Å². The van der Waals surface area contributed by atoms with Crippen LogP contribution in [0.25, 0.3) is 11.4 Å². The van der Waals surface area contributed by atoms with E-state index in [0.717, 1.165) is 24.2 Å². The monoisotopic (exact) mass is 480 g/mol. The molecule has 10 nitrogen and oxygen atoms in total. The minimum absolute atomic E-state index is 0.113. The van der Waals surface area contributed by atoms with Gasteiger partial charge in [-0.2, -0.15) is 4.98 Å². The van der Waals surface area contributed by atoms with Crippen molar-refractivity contribution in [3.63, 3.8) is 0 Å². The van der Waals surface area contributed by atoms with E-state index in [2.05, 4.69) is 41.1 Å². The van der Waals surface area contributed by atoms with Crippen molar-refractivity contribution in [2.24, 2.45) is 13.0 Å². The molecule has 0 unspecified atom stereocenters. The summed E-state index contributed by atoms with van der Waals surface area (Å²) in [4.78, 5) is 24.8. The average Bonchev–Trinajstić information content (AvgIpc) is 3.19. The van der Waals surface area contributed by atoms with Gasteiger partial charge in [0, 0.05) is 18.7 Å². The quantitative estimate of drug-likeness (QED) is 0.536. The van der Waals surface area contributed by atoms with E-state index in [4.69, 9.17) is 14.5 Å². The summed E-state index contributed by atoms with van der Waals surface area (Å²) in [7, 11) is 1.80. The third-order valence-electron chi connectivity index (χ3n) is 6.23. The molecule has 1 aliphatic carbocycles. The molecule has 0 aliphatic heterocycles. The lowest BCUT2D eigenvalue weighted by Gasteiger charge is -2.27. The first-order valence-corrected chi connectivity index (χ1v) is 11.8. The van der Waals surface area contributed by atoms with Gasteiger partial charge in [-0.25, -0.2) is 14.6 Å². The van der Waals surface area contributed by atoms with Gasteiger partial charge < -0.3 is 14.6 Å². The Morgan fingerprint density at radius 1 is 1.20 bits per heavy atom. The number of rotatable bonds is 7. The number of hydrogen-bond donors (Lipinski definition) is 1. The Morgan fingerprint density at radius 2 is 2.00 bits per heavy atom. The van der Waals surface area contributed by atoms with Crippen LogP contribution in [-0.2, 0) is 23.9 Å². The number of hydrogen-bond acceptors (Lipinski definition) is 8. The van der Waals surface area contributed by atoms with E-state index in [9.17, 15) is 9.90 Å². The number of nitrogens with zero attached hydrogens (tertiary/aromatic N) is 6. The SMILES string of the molecule is Cc1nc(-c2nnn(C)c2COc2nccc(C(C)(C)C)n2)ccc1O[C@H]1CCC[C@H](C(=O)O)C1. The second-order valence-corrected chi connectivity index (χ2v) is 9.99. The van der Waals surface area contributed by atoms with Crippen LogP contribution in [0.15, 0.2) is 24.4 Å². The normalized spacial score (nSPS) is 18.3. The van der Waals surface area contributed by atoms with Gasteiger partial charge in [-0.3, -0.25) is 4.79 Å². The van der Waals surface area contributed by atoms with Crippen LogP contribution < -0.4 is 9.47 Å². The third kappa shape index (κ3) is 5.75. The summed E-state index contributed by atoms with van der Waals surface area (Å²) in [6.45, 7) is 8.31. The summed E-state index contributed by atoms with van der Waals surface area (Å²) in [5, 5.41) is 17.8. The van der Waals surface area contributed by atoms with Crippen LogP contribution >= 0.6 is 0 Å². The lowest BCUT2D eigenvalue weighted by atomic mass is 9.87. The van der Waals surface area contributed by atoms with Crippen molar-refractivity contribution in [1.29, 1.82) is 0 Å². The maximum absolute atomic E-state index is 11.4. The Bertz CT molecular complexity index is 1200. The Balaban J connectivity index is 1.49. The van der Waals surface area contributed by atoms with Crippen LogP contribution in [0.4, 0.5) is 0 Å². The number of aromatic nitrogens is 6. The molecule has 0 radical (unpaired) electrons. The average molecular weight is 481 g/mol. The zero-order chi connectivity index (χ0) is 25.2. The topological polar surface area (TPSA) is 125 Å².